The Bertz CT molecular complexity index is 534. The molecule has 2 rings (SSSR count). The van der Waals surface area contributed by atoms with Crippen LogP contribution in [-0.4, -0.2) is 4.98 Å². The fourth-order valence-corrected chi connectivity index (χ4v) is 2.28. The summed E-state index contributed by atoms with van der Waals surface area (Å²) in [4.78, 5) is 5.77. The van der Waals surface area contributed by atoms with Crippen LogP contribution in [0.5, 0.6) is 0 Å². The zero-order valence-electron chi connectivity index (χ0n) is 9.58. The molecule has 0 aliphatic carbocycles. The van der Waals surface area contributed by atoms with Crippen molar-refractivity contribution in [1.29, 1.82) is 0 Å². The molecule has 0 aliphatic rings. The lowest BCUT2D eigenvalue weighted by Gasteiger charge is -2.08. The largest absolute Gasteiger partial charge is 0.433 e. The topological polar surface area (TPSA) is 24.9 Å². The molecule has 0 saturated heterocycles. The van der Waals surface area contributed by atoms with Crippen LogP contribution in [0.25, 0.3) is 0 Å². The quantitative estimate of drug-likeness (QED) is 0.910. The summed E-state index contributed by atoms with van der Waals surface area (Å²) in [5.41, 5.74) is -0.880. The molecule has 2 aromatic rings. The lowest BCUT2D eigenvalue weighted by molar-refractivity contribution is -0.141. The molecule has 0 unspecified atom stereocenters. The number of aryl methyl sites for hydroxylation is 1. The van der Waals surface area contributed by atoms with Gasteiger partial charge in [0, 0.05) is 9.75 Å². The lowest BCUT2D eigenvalue weighted by atomic mass is 10.3. The number of pyridine rings is 1. The lowest BCUT2D eigenvalue weighted by Crippen LogP contribution is -2.09. The monoisotopic (exact) mass is 272 g/mol. The summed E-state index contributed by atoms with van der Waals surface area (Å²) in [6.45, 7) is 2.46. The second-order valence-corrected chi connectivity index (χ2v) is 5.14. The number of thiophene rings is 1. The molecule has 0 aliphatic heterocycles. The number of aromatic nitrogens is 1. The zero-order chi connectivity index (χ0) is 13.2. The van der Waals surface area contributed by atoms with Crippen molar-refractivity contribution in [3.63, 3.8) is 0 Å². The molecule has 2 nitrogen and oxygen atoms in total. The fraction of sp³-hybridized carbons (Fsp3) is 0.250. The Balaban J connectivity index is 2.06. The first kappa shape index (κ1) is 12.9. The second kappa shape index (κ2) is 4.97. The number of halogens is 3. The minimum absolute atomic E-state index is 0.232. The smallest absolute Gasteiger partial charge is 0.365 e. The minimum Gasteiger partial charge on any atom is -0.365 e. The molecule has 0 saturated carbocycles. The molecular weight excluding hydrogens is 261 g/mol. The average molecular weight is 272 g/mol. The van der Waals surface area contributed by atoms with Gasteiger partial charge in [0.2, 0.25) is 0 Å². The van der Waals surface area contributed by atoms with E-state index >= 15 is 0 Å². The van der Waals surface area contributed by atoms with E-state index in [9.17, 15) is 13.2 Å². The Hall–Kier alpha value is -1.56. The van der Waals surface area contributed by atoms with E-state index in [1.807, 2.05) is 19.1 Å². The van der Waals surface area contributed by atoms with Gasteiger partial charge in [0.1, 0.15) is 11.5 Å². The van der Waals surface area contributed by atoms with Crippen molar-refractivity contribution in [2.75, 3.05) is 5.32 Å². The number of anilines is 1. The number of nitrogens with zero attached hydrogens (tertiary/aromatic N) is 1. The third-order valence-electron chi connectivity index (χ3n) is 2.28. The summed E-state index contributed by atoms with van der Waals surface area (Å²) >= 11 is 1.60. The van der Waals surface area contributed by atoms with Crippen molar-refractivity contribution in [2.24, 2.45) is 0 Å². The van der Waals surface area contributed by atoms with E-state index in [0.717, 1.165) is 10.9 Å². The summed E-state index contributed by atoms with van der Waals surface area (Å²) in [5.74, 6) is 0.232. The van der Waals surface area contributed by atoms with E-state index < -0.39 is 11.9 Å². The van der Waals surface area contributed by atoms with Crippen LogP contribution in [0, 0.1) is 6.92 Å². The third kappa shape index (κ3) is 3.22. The number of nitrogens with one attached hydrogen (secondary N) is 1. The molecule has 0 atom stereocenters. The molecule has 2 heterocycles. The summed E-state index contributed by atoms with van der Waals surface area (Å²) in [6, 6.07) is 7.75. The van der Waals surface area contributed by atoms with Gasteiger partial charge >= 0.3 is 6.18 Å². The van der Waals surface area contributed by atoms with Crippen LogP contribution in [-0.2, 0) is 12.7 Å². The highest BCUT2D eigenvalue weighted by molar-refractivity contribution is 7.11. The van der Waals surface area contributed by atoms with Crippen LogP contribution < -0.4 is 5.32 Å². The standard InChI is InChI=1S/C12H11F3N2S/c1-8-5-6-9(18-8)7-16-11-4-2-3-10(17-11)12(13,14)15/h2-6H,7H2,1H3,(H,16,17). The van der Waals surface area contributed by atoms with Crippen LogP contribution in [0.4, 0.5) is 19.0 Å². The Morgan fingerprint density at radius 2 is 2.00 bits per heavy atom. The summed E-state index contributed by atoms with van der Waals surface area (Å²) in [7, 11) is 0. The molecule has 0 radical (unpaired) electrons. The first-order valence-corrected chi connectivity index (χ1v) is 6.10. The predicted octanol–water partition coefficient (Wildman–Crippen LogP) is 4.08. The Morgan fingerprint density at radius 1 is 1.22 bits per heavy atom. The minimum atomic E-state index is -4.41. The Labute approximate surface area is 106 Å². The number of hydrogen-bond donors (Lipinski definition) is 1. The SMILES string of the molecule is Cc1ccc(CNc2cccc(C(F)(F)F)n2)s1. The van der Waals surface area contributed by atoms with Crippen molar-refractivity contribution >= 4 is 17.2 Å². The molecule has 96 valence electrons. The fourth-order valence-electron chi connectivity index (χ4n) is 1.45. The van der Waals surface area contributed by atoms with Gasteiger partial charge in [-0.3, -0.25) is 0 Å². The first-order valence-electron chi connectivity index (χ1n) is 5.28. The van der Waals surface area contributed by atoms with E-state index in [0.29, 0.717) is 6.54 Å². The maximum Gasteiger partial charge on any atom is 0.433 e. The van der Waals surface area contributed by atoms with E-state index in [2.05, 4.69) is 10.3 Å². The molecule has 2 aromatic heterocycles. The molecule has 0 aromatic carbocycles. The van der Waals surface area contributed by atoms with Crippen molar-refractivity contribution < 1.29 is 13.2 Å². The van der Waals surface area contributed by atoms with Crippen LogP contribution >= 0.6 is 11.3 Å². The maximum atomic E-state index is 12.4. The average Bonchev–Trinajstić information content (AvgIpc) is 2.72. The predicted molar refractivity (Wildman–Crippen MR) is 65.6 cm³/mol. The highest BCUT2D eigenvalue weighted by atomic mass is 32.1. The van der Waals surface area contributed by atoms with Gasteiger partial charge < -0.3 is 5.32 Å². The molecular formula is C12H11F3N2S. The molecule has 0 spiro atoms. The molecule has 0 bridgehead atoms. The Morgan fingerprint density at radius 3 is 2.61 bits per heavy atom. The normalized spacial score (nSPS) is 11.6. The highest BCUT2D eigenvalue weighted by Crippen LogP contribution is 2.28. The van der Waals surface area contributed by atoms with E-state index in [1.54, 1.807) is 11.3 Å². The van der Waals surface area contributed by atoms with Gasteiger partial charge in [-0.15, -0.1) is 11.3 Å². The van der Waals surface area contributed by atoms with Gasteiger partial charge in [0.25, 0.3) is 0 Å². The molecule has 1 N–H and O–H groups in total. The third-order valence-corrected chi connectivity index (χ3v) is 3.28. The van der Waals surface area contributed by atoms with Crippen molar-refractivity contribution in [3.8, 4) is 0 Å². The number of alkyl halides is 3. The van der Waals surface area contributed by atoms with Crippen LogP contribution in [0.2, 0.25) is 0 Å². The van der Waals surface area contributed by atoms with Crippen molar-refractivity contribution in [3.05, 3.63) is 45.8 Å². The summed E-state index contributed by atoms with van der Waals surface area (Å²) in [5, 5.41) is 2.89. The van der Waals surface area contributed by atoms with Gasteiger partial charge in [-0.1, -0.05) is 6.07 Å². The number of hydrogen-bond acceptors (Lipinski definition) is 3. The van der Waals surface area contributed by atoms with Gasteiger partial charge in [-0.05, 0) is 31.2 Å². The van der Waals surface area contributed by atoms with Crippen molar-refractivity contribution in [2.45, 2.75) is 19.6 Å². The summed E-state index contributed by atoms with van der Waals surface area (Å²) < 4.78 is 37.3. The highest BCUT2D eigenvalue weighted by Gasteiger charge is 2.32. The van der Waals surface area contributed by atoms with Crippen LogP contribution in [0.1, 0.15) is 15.4 Å². The number of rotatable bonds is 3. The van der Waals surface area contributed by atoms with Crippen LogP contribution in [0.15, 0.2) is 30.3 Å². The molecule has 18 heavy (non-hydrogen) atoms. The van der Waals surface area contributed by atoms with Gasteiger partial charge in [0.05, 0.1) is 6.54 Å². The van der Waals surface area contributed by atoms with Gasteiger partial charge in [-0.25, -0.2) is 4.98 Å². The molecule has 0 fully saturated rings. The van der Waals surface area contributed by atoms with E-state index in [1.165, 1.54) is 17.0 Å². The van der Waals surface area contributed by atoms with Gasteiger partial charge in [0.15, 0.2) is 0 Å². The summed E-state index contributed by atoms with van der Waals surface area (Å²) in [6.07, 6.45) is -4.41. The maximum absolute atomic E-state index is 12.4. The van der Waals surface area contributed by atoms with E-state index in [-0.39, 0.29) is 5.82 Å². The first-order chi connectivity index (χ1) is 8.45. The molecule has 6 heteroatoms. The van der Waals surface area contributed by atoms with Gasteiger partial charge in [-0.2, -0.15) is 13.2 Å². The van der Waals surface area contributed by atoms with Crippen molar-refractivity contribution in [1.82, 2.24) is 4.98 Å². The Kier molecular flexibility index (Phi) is 3.56. The van der Waals surface area contributed by atoms with Crippen LogP contribution in [0.3, 0.4) is 0 Å². The van der Waals surface area contributed by atoms with E-state index in [4.69, 9.17) is 0 Å². The molecule has 0 amide bonds. The zero-order valence-corrected chi connectivity index (χ0v) is 10.4. The second-order valence-electron chi connectivity index (χ2n) is 3.77.